The van der Waals surface area contributed by atoms with Crippen LogP contribution in [0.4, 0.5) is 14.5 Å². The van der Waals surface area contributed by atoms with Gasteiger partial charge in [-0.1, -0.05) is 11.6 Å². The number of nitriles is 1. The van der Waals surface area contributed by atoms with E-state index in [0.29, 0.717) is 38.4 Å². The number of hydrogen-bond acceptors (Lipinski definition) is 7. The van der Waals surface area contributed by atoms with E-state index in [1.165, 1.54) is 48.1 Å². The van der Waals surface area contributed by atoms with Crippen molar-refractivity contribution >= 4 is 35.0 Å². The van der Waals surface area contributed by atoms with Gasteiger partial charge in [0.1, 0.15) is 6.07 Å². The number of piperidine rings is 1. The Kier molecular flexibility index (Phi) is 9.41. The van der Waals surface area contributed by atoms with Crippen LogP contribution in [0, 0.1) is 28.9 Å². The number of hydrogen-bond donors (Lipinski definition) is 2. The Morgan fingerprint density at radius 1 is 1.14 bits per heavy atom. The number of rotatable bonds is 7. The highest BCUT2D eigenvalue weighted by atomic mass is 35.5. The van der Waals surface area contributed by atoms with Crippen molar-refractivity contribution < 1.29 is 27.9 Å². The summed E-state index contributed by atoms with van der Waals surface area (Å²) < 4.78 is 35.4. The van der Waals surface area contributed by atoms with Crippen LogP contribution in [0.2, 0.25) is 5.02 Å². The molecule has 0 spiro atoms. The molecule has 2 N–H and O–H groups in total. The molecule has 3 aromatic rings. The molecule has 2 aromatic carbocycles. The molecule has 0 bridgehead atoms. The van der Waals surface area contributed by atoms with Gasteiger partial charge in [-0.2, -0.15) is 9.65 Å². The maximum absolute atomic E-state index is 14.8. The van der Waals surface area contributed by atoms with Gasteiger partial charge in [-0.25, -0.2) is 9.37 Å². The molecule has 1 aromatic heterocycles. The molecule has 0 aliphatic carbocycles. The number of ether oxygens (including phenoxy) is 1. The highest BCUT2D eigenvalue weighted by Crippen LogP contribution is 2.30. The van der Waals surface area contributed by atoms with Crippen molar-refractivity contribution in [3.05, 3.63) is 64.6 Å². The largest absolute Gasteiger partial charge is 0.476 e. The number of aromatic nitrogens is 2. The molecule has 5 rings (SSSR count). The zero-order chi connectivity index (χ0) is 31.4. The summed E-state index contributed by atoms with van der Waals surface area (Å²) in [4.78, 5) is 46.6. The minimum Gasteiger partial charge on any atom is -0.476 e. The molecular weight excluding hydrogens is 596 g/mol. The van der Waals surface area contributed by atoms with Crippen molar-refractivity contribution in [3.63, 3.8) is 0 Å². The Bertz CT molecular complexity index is 1630. The van der Waals surface area contributed by atoms with Gasteiger partial charge < -0.3 is 29.7 Å². The van der Waals surface area contributed by atoms with Crippen molar-refractivity contribution in [1.29, 1.82) is 5.26 Å². The number of halogens is 3. The van der Waals surface area contributed by atoms with Crippen molar-refractivity contribution in [2.24, 2.45) is 13.0 Å². The Morgan fingerprint density at radius 3 is 2.57 bits per heavy atom. The number of carbonyl (C=O) groups is 3. The third kappa shape index (κ3) is 6.36. The number of amides is 3. The number of nitrogens with zero attached hydrogens (tertiary/aromatic N) is 5. The molecule has 11 nitrogen and oxygen atoms in total. The highest BCUT2D eigenvalue weighted by molar-refractivity contribution is 6.34. The van der Waals surface area contributed by atoms with Gasteiger partial charge in [0, 0.05) is 51.0 Å². The van der Waals surface area contributed by atoms with Crippen molar-refractivity contribution in [1.82, 2.24) is 24.7 Å². The van der Waals surface area contributed by atoms with Gasteiger partial charge in [0.05, 0.1) is 28.4 Å². The number of benzene rings is 2. The number of carbonyl (C=O) groups excluding carboxylic acids is 3. The molecular formula is C30H30ClF2N7O4. The predicted octanol–water partition coefficient (Wildman–Crippen LogP) is 3.46. The lowest BCUT2D eigenvalue weighted by atomic mass is 9.98. The standard InChI is InChI=1S/C30H30ClF2N7O4/c1-38-23(21-6-7-24(44-14-8-34)26(33)25(21)32)17-36-27(38)28(41)37-19-4-5-20(22(31)15-19)30(43)40-12-10-39(11-13-40)29(42)18-3-2-9-35-16-18/h4-7,15,17-18,35H,2-3,9-14,16H2,1H3,(H,37,41)/t18-/m0/s1. The minimum absolute atomic E-state index is 0.0212. The number of piperazine rings is 1. The van der Waals surface area contributed by atoms with Gasteiger partial charge in [0.2, 0.25) is 11.7 Å². The first-order valence-electron chi connectivity index (χ1n) is 14.1. The second-order valence-electron chi connectivity index (χ2n) is 10.5. The summed E-state index contributed by atoms with van der Waals surface area (Å²) in [6, 6.07) is 8.64. The average molecular weight is 626 g/mol. The molecule has 0 unspecified atom stereocenters. The monoisotopic (exact) mass is 625 g/mol. The molecule has 230 valence electrons. The van der Waals surface area contributed by atoms with Gasteiger partial charge in [-0.3, -0.25) is 14.4 Å². The molecule has 0 saturated carbocycles. The van der Waals surface area contributed by atoms with Crippen LogP contribution in [0.1, 0.15) is 33.8 Å². The Hall–Kier alpha value is -4.54. The van der Waals surface area contributed by atoms with E-state index < -0.39 is 29.9 Å². The summed E-state index contributed by atoms with van der Waals surface area (Å²) in [5.41, 5.74) is 0.547. The van der Waals surface area contributed by atoms with E-state index in [-0.39, 0.29) is 45.4 Å². The van der Waals surface area contributed by atoms with Gasteiger partial charge in [-0.15, -0.1) is 0 Å². The zero-order valence-electron chi connectivity index (χ0n) is 23.9. The lowest BCUT2D eigenvalue weighted by Gasteiger charge is -2.37. The van der Waals surface area contributed by atoms with E-state index in [1.807, 2.05) is 4.90 Å². The van der Waals surface area contributed by atoms with E-state index in [9.17, 15) is 23.2 Å². The van der Waals surface area contributed by atoms with Crippen molar-refractivity contribution in [2.45, 2.75) is 12.8 Å². The Labute approximate surface area is 257 Å². The van der Waals surface area contributed by atoms with Crippen LogP contribution in [0.25, 0.3) is 11.3 Å². The van der Waals surface area contributed by atoms with Crippen molar-refractivity contribution in [3.8, 4) is 23.1 Å². The average Bonchev–Trinajstić information content (AvgIpc) is 3.42. The predicted molar refractivity (Wildman–Crippen MR) is 157 cm³/mol. The molecule has 3 heterocycles. The minimum atomic E-state index is -1.26. The second kappa shape index (κ2) is 13.4. The fraction of sp³-hybridized carbons (Fsp3) is 0.367. The third-order valence-corrected chi connectivity index (χ3v) is 8.10. The fourth-order valence-corrected chi connectivity index (χ4v) is 5.66. The van der Waals surface area contributed by atoms with Crippen LogP contribution >= 0.6 is 11.6 Å². The highest BCUT2D eigenvalue weighted by Gasteiger charge is 2.30. The molecule has 2 fully saturated rings. The molecule has 14 heteroatoms. The maximum atomic E-state index is 14.8. The Balaban J connectivity index is 1.22. The van der Waals surface area contributed by atoms with Gasteiger partial charge in [-0.05, 0) is 49.7 Å². The summed E-state index contributed by atoms with van der Waals surface area (Å²) in [7, 11) is 1.47. The SMILES string of the molecule is Cn1c(-c2ccc(OCC#N)c(F)c2F)cnc1C(=O)Nc1ccc(C(=O)N2CCN(C(=O)[C@H]3CCCNC3)CC2)c(Cl)c1. The van der Waals surface area contributed by atoms with Crippen LogP contribution in [0.15, 0.2) is 36.5 Å². The lowest BCUT2D eigenvalue weighted by molar-refractivity contribution is -0.137. The van der Waals surface area contributed by atoms with Gasteiger partial charge >= 0.3 is 0 Å². The first-order chi connectivity index (χ1) is 21.2. The van der Waals surface area contributed by atoms with Crippen LogP contribution < -0.4 is 15.4 Å². The molecule has 3 amide bonds. The van der Waals surface area contributed by atoms with E-state index in [0.717, 1.165) is 19.4 Å². The number of imidazole rings is 1. The summed E-state index contributed by atoms with van der Waals surface area (Å²) in [6.45, 7) is 2.86. The van der Waals surface area contributed by atoms with Crippen LogP contribution in [-0.2, 0) is 11.8 Å². The van der Waals surface area contributed by atoms with Crippen LogP contribution in [-0.4, -0.2) is 82.9 Å². The van der Waals surface area contributed by atoms with Crippen molar-refractivity contribution in [2.75, 3.05) is 51.2 Å². The first-order valence-corrected chi connectivity index (χ1v) is 14.5. The van der Waals surface area contributed by atoms with E-state index in [1.54, 1.807) is 11.0 Å². The topological polar surface area (TPSA) is 133 Å². The fourth-order valence-electron chi connectivity index (χ4n) is 5.40. The van der Waals surface area contributed by atoms with E-state index >= 15 is 0 Å². The maximum Gasteiger partial charge on any atom is 0.291 e. The zero-order valence-corrected chi connectivity index (χ0v) is 24.7. The summed E-state index contributed by atoms with van der Waals surface area (Å²) in [6.07, 6.45) is 3.08. The first kappa shape index (κ1) is 30.9. The molecule has 2 aliphatic rings. The molecule has 1 atom stereocenters. The van der Waals surface area contributed by atoms with E-state index in [2.05, 4.69) is 15.6 Å². The normalized spacial score (nSPS) is 16.8. The quantitative estimate of drug-likeness (QED) is 0.411. The van der Waals surface area contributed by atoms with Crippen LogP contribution in [0.3, 0.4) is 0 Å². The number of anilines is 1. The molecule has 44 heavy (non-hydrogen) atoms. The van der Waals surface area contributed by atoms with Gasteiger partial charge in [0.15, 0.2) is 24.0 Å². The summed E-state index contributed by atoms with van der Waals surface area (Å²) in [5, 5.41) is 14.7. The molecule has 2 aliphatic heterocycles. The third-order valence-electron chi connectivity index (χ3n) is 7.79. The van der Waals surface area contributed by atoms with Crippen LogP contribution in [0.5, 0.6) is 5.75 Å². The lowest BCUT2D eigenvalue weighted by Crippen LogP contribution is -2.53. The Morgan fingerprint density at radius 2 is 1.89 bits per heavy atom. The molecule has 2 saturated heterocycles. The van der Waals surface area contributed by atoms with E-state index in [4.69, 9.17) is 21.6 Å². The molecule has 0 radical (unpaired) electrons. The number of nitrogens with one attached hydrogen (secondary N) is 2. The summed E-state index contributed by atoms with van der Waals surface area (Å²) >= 11 is 6.45. The van der Waals surface area contributed by atoms with Gasteiger partial charge in [0.25, 0.3) is 11.8 Å². The summed E-state index contributed by atoms with van der Waals surface area (Å²) in [5.74, 6) is -3.78. The second-order valence-corrected chi connectivity index (χ2v) is 10.9. The smallest absolute Gasteiger partial charge is 0.291 e.